The average Bonchev–Trinajstić information content (AvgIpc) is 2.64. The second-order valence-corrected chi connectivity index (χ2v) is 3.61. The summed E-state index contributed by atoms with van der Waals surface area (Å²) in [4.78, 5) is 0. The van der Waals surface area contributed by atoms with Crippen molar-refractivity contribution in [3.63, 3.8) is 0 Å². The van der Waals surface area contributed by atoms with Crippen molar-refractivity contribution in [1.29, 1.82) is 0 Å². The van der Waals surface area contributed by atoms with E-state index in [2.05, 4.69) is 5.32 Å². The summed E-state index contributed by atoms with van der Waals surface area (Å²) in [6.45, 7) is 5.27. The molecule has 1 aromatic carbocycles. The smallest absolute Gasteiger partial charge is 0.170 e. The van der Waals surface area contributed by atoms with Gasteiger partial charge in [0, 0.05) is 5.39 Å². The number of hydrogen-bond acceptors (Lipinski definition) is 2. The largest absolute Gasteiger partial charge is 0.457 e. The number of halogens is 1. The maximum atomic E-state index is 13.6. The quantitative estimate of drug-likeness (QED) is 0.837. The van der Waals surface area contributed by atoms with Gasteiger partial charge in [-0.25, -0.2) is 4.39 Å². The maximum Gasteiger partial charge on any atom is 0.170 e. The molecular weight excluding hydrogens is 193 g/mol. The van der Waals surface area contributed by atoms with Crippen molar-refractivity contribution in [3.05, 3.63) is 35.3 Å². The minimum atomic E-state index is -0.254. The zero-order valence-corrected chi connectivity index (χ0v) is 8.93. The highest BCUT2D eigenvalue weighted by Crippen LogP contribution is 2.24. The molecule has 1 heterocycles. The lowest BCUT2D eigenvalue weighted by Gasteiger charge is -1.96. The second kappa shape index (κ2) is 4.03. The Hall–Kier alpha value is -1.35. The fourth-order valence-electron chi connectivity index (χ4n) is 1.56. The summed E-state index contributed by atoms with van der Waals surface area (Å²) in [7, 11) is 0. The van der Waals surface area contributed by atoms with Crippen LogP contribution in [0.3, 0.4) is 0 Å². The van der Waals surface area contributed by atoms with Crippen molar-refractivity contribution in [2.45, 2.75) is 20.4 Å². The molecule has 0 aliphatic heterocycles. The highest BCUT2D eigenvalue weighted by Gasteiger charge is 2.09. The minimum Gasteiger partial charge on any atom is -0.457 e. The van der Waals surface area contributed by atoms with Gasteiger partial charge in [-0.1, -0.05) is 19.1 Å². The van der Waals surface area contributed by atoms with Crippen LogP contribution in [0, 0.1) is 12.7 Å². The summed E-state index contributed by atoms with van der Waals surface area (Å²) in [6.07, 6.45) is 0. The molecule has 0 radical (unpaired) electrons. The summed E-state index contributed by atoms with van der Waals surface area (Å²) < 4.78 is 19.1. The van der Waals surface area contributed by atoms with Gasteiger partial charge in [-0.05, 0) is 25.1 Å². The van der Waals surface area contributed by atoms with Crippen molar-refractivity contribution >= 4 is 11.0 Å². The molecule has 0 aliphatic carbocycles. The lowest BCUT2D eigenvalue weighted by atomic mass is 10.2. The monoisotopic (exact) mass is 207 g/mol. The highest BCUT2D eigenvalue weighted by molar-refractivity contribution is 5.79. The number of nitrogens with one attached hydrogen (secondary N) is 1. The standard InChI is InChI=1S/C12H14FNO/c1-3-14-7-10-6-9-5-4-8(2)11(13)12(9)15-10/h4-6,14H,3,7H2,1-2H3. The molecule has 0 atom stereocenters. The molecule has 0 saturated carbocycles. The van der Waals surface area contributed by atoms with Gasteiger partial charge in [-0.3, -0.25) is 0 Å². The van der Waals surface area contributed by atoms with Crippen molar-refractivity contribution in [3.8, 4) is 0 Å². The Morgan fingerprint density at radius 3 is 2.93 bits per heavy atom. The van der Waals surface area contributed by atoms with E-state index in [0.717, 1.165) is 17.7 Å². The Bertz CT molecular complexity index is 476. The van der Waals surface area contributed by atoms with Gasteiger partial charge in [0.25, 0.3) is 0 Å². The lowest BCUT2D eigenvalue weighted by molar-refractivity contribution is 0.498. The Labute approximate surface area is 88.1 Å². The number of fused-ring (bicyclic) bond motifs is 1. The van der Waals surface area contributed by atoms with Crippen LogP contribution in [0.25, 0.3) is 11.0 Å². The molecule has 0 fully saturated rings. The van der Waals surface area contributed by atoms with Gasteiger partial charge in [-0.15, -0.1) is 0 Å². The van der Waals surface area contributed by atoms with Crippen molar-refractivity contribution < 1.29 is 8.81 Å². The summed E-state index contributed by atoms with van der Waals surface area (Å²) >= 11 is 0. The maximum absolute atomic E-state index is 13.6. The predicted molar refractivity (Wildman–Crippen MR) is 58.3 cm³/mol. The zero-order chi connectivity index (χ0) is 10.8. The van der Waals surface area contributed by atoms with Crippen molar-refractivity contribution in [2.24, 2.45) is 0 Å². The first-order valence-corrected chi connectivity index (χ1v) is 5.10. The van der Waals surface area contributed by atoms with Crippen molar-refractivity contribution in [1.82, 2.24) is 5.32 Å². The first-order valence-electron chi connectivity index (χ1n) is 5.10. The molecule has 0 saturated heterocycles. The van der Waals surface area contributed by atoms with Gasteiger partial charge < -0.3 is 9.73 Å². The minimum absolute atomic E-state index is 0.254. The van der Waals surface area contributed by atoms with E-state index in [1.54, 1.807) is 13.0 Å². The zero-order valence-electron chi connectivity index (χ0n) is 8.93. The molecule has 15 heavy (non-hydrogen) atoms. The van der Waals surface area contributed by atoms with E-state index in [1.165, 1.54) is 0 Å². The van der Waals surface area contributed by atoms with Gasteiger partial charge in [0.2, 0.25) is 0 Å². The summed E-state index contributed by atoms with van der Waals surface area (Å²) in [6, 6.07) is 5.53. The van der Waals surface area contributed by atoms with Crippen LogP contribution >= 0.6 is 0 Å². The van der Waals surface area contributed by atoms with Gasteiger partial charge in [0.05, 0.1) is 6.54 Å². The van der Waals surface area contributed by atoms with E-state index in [1.807, 2.05) is 19.1 Å². The fraction of sp³-hybridized carbons (Fsp3) is 0.333. The molecule has 2 rings (SSSR count). The van der Waals surface area contributed by atoms with E-state index in [-0.39, 0.29) is 5.82 Å². The van der Waals surface area contributed by atoms with E-state index in [0.29, 0.717) is 17.7 Å². The van der Waals surface area contributed by atoms with Crippen LogP contribution in [0.15, 0.2) is 22.6 Å². The lowest BCUT2D eigenvalue weighted by Crippen LogP contribution is -2.10. The van der Waals surface area contributed by atoms with E-state index < -0.39 is 0 Å². The Balaban J connectivity index is 2.42. The van der Waals surface area contributed by atoms with Crippen LogP contribution in [-0.4, -0.2) is 6.54 Å². The van der Waals surface area contributed by atoms with Crippen LogP contribution in [0.4, 0.5) is 4.39 Å². The topological polar surface area (TPSA) is 25.2 Å². The van der Waals surface area contributed by atoms with Crippen LogP contribution in [0.5, 0.6) is 0 Å². The Morgan fingerprint density at radius 2 is 2.20 bits per heavy atom. The van der Waals surface area contributed by atoms with Crippen LogP contribution in [-0.2, 0) is 6.54 Å². The fourth-order valence-corrected chi connectivity index (χ4v) is 1.56. The van der Waals surface area contributed by atoms with Crippen molar-refractivity contribution in [2.75, 3.05) is 6.54 Å². The molecule has 0 amide bonds. The van der Waals surface area contributed by atoms with E-state index in [9.17, 15) is 4.39 Å². The number of rotatable bonds is 3. The molecule has 0 bridgehead atoms. The SMILES string of the molecule is CCNCc1cc2ccc(C)c(F)c2o1. The van der Waals surface area contributed by atoms with Gasteiger partial charge in [0.1, 0.15) is 5.76 Å². The normalized spacial score (nSPS) is 11.1. The molecule has 3 heteroatoms. The first-order chi connectivity index (χ1) is 7.22. The molecule has 1 N–H and O–H groups in total. The molecule has 0 aliphatic rings. The van der Waals surface area contributed by atoms with Crippen LogP contribution in [0.2, 0.25) is 0 Å². The van der Waals surface area contributed by atoms with Gasteiger partial charge in [0.15, 0.2) is 11.4 Å². The number of hydrogen-bond donors (Lipinski definition) is 1. The third-order valence-electron chi connectivity index (χ3n) is 2.42. The molecule has 2 nitrogen and oxygen atoms in total. The van der Waals surface area contributed by atoms with Crippen LogP contribution in [0.1, 0.15) is 18.2 Å². The number of aryl methyl sites for hydroxylation is 1. The van der Waals surface area contributed by atoms with Gasteiger partial charge in [-0.2, -0.15) is 0 Å². The van der Waals surface area contributed by atoms with E-state index >= 15 is 0 Å². The van der Waals surface area contributed by atoms with Crippen LogP contribution < -0.4 is 5.32 Å². The first kappa shape index (κ1) is 10.2. The molecule has 2 aromatic rings. The third kappa shape index (κ3) is 1.88. The predicted octanol–water partition coefficient (Wildman–Crippen LogP) is 2.99. The molecule has 1 aromatic heterocycles. The highest BCUT2D eigenvalue weighted by atomic mass is 19.1. The summed E-state index contributed by atoms with van der Waals surface area (Å²) in [5, 5.41) is 3.97. The molecular formula is C12H14FNO. The number of furan rings is 1. The number of benzene rings is 1. The Morgan fingerprint density at radius 1 is 1.40 bits per heavy atom. The third-order valence-corrected chi connectivity index (χ3v) is 2.42. The molecule has 80 valence electrons. The van der Waals surface area contributed by atoms with Gasteiger partial charge >= 0.3 is 0 Å². The summed E-state index contributed by atoms with van der Waals surface area (Å²) in [5.74, 6) is 0.520. The average molecular weight is 207 g/mol. The summed E-state index contributed by atoms with van der Waals surface area (Å²) in [5.41, 5.74) is 0.981. The van der Waals surface area contributed by atoms with E-state index in [4.69, 9.17) is 4.42 Å². The second-order valence-electron chi connectivity index (χ2n) is 3.61. The molecule has 0 spiro atoms. The Kier molecular flexibility index (Phi) is 2.73. The molecule has 0 unspecified atom stereocenters.